The van der Waals surface area contributed by atoms with E-state index in [1.54, 1.807) is 0 Å². The maximum Gasteiger partial charge on any atom is 0.233 e. The van der Waals surface area contributed by atoms with Gasteiger partial charge in [-0.15, -0.1) is 0 Å². The quantitative estimate of drug-likeness (QED) is 0.166. The van der Waals surface area contributed by atoms with E-state index in [2.05, 4.69) is 20.9 Å². The highest BCUT2D eigenvalue weighted by Crippen LogP contribution is 1.96. The van der Waals surface area contributed by atoms with Crippen molar-refractivity contribution in [3.8, 4) is 0 Å². The van der Waals surface area contributed by atoms with Crippen LogP contribution in [-0.4, -0.2) is 81.5 Å². The van der Waals surface area contributed by atoms with Gasteiger partial charge in [-0.3, -0.25) is 14.4 Å². The third kappa shape index (κ3) is 14.3. The van der Waals surface area contributed by atoms with Crippen LogP contribution in [-0.2, 0) is 14.4 Å². The Hall–Kier alpha value is -1.75. The molecule has 0 saturated carbocycles. The number of carbonyl (C=O) groups excluding carboxylic acids is 3. The second-order valence-corrected chi connectivity index (χ2v) is 5.56. The monoisotopic (exact) mass is 359 g/mol. The first-order chi connectivity index (χ1) is 12.0. The third-order valence-electron chi connectivity index (χ3n) is 3.48. The van der Waals surface area contributed by atoms with Crippen molar-refractivity contribution >= 4 is 17.7 Å². The van der Waals surface area contributed by atoms with E-state index in [4.69, 9.17) is 17.2 Å². The van der Waals surface area contributed by atoms with Gasteiger partial charge in [-0.25, -0.2) is 0 Å². The summed E-state index contributed by atoms with van der Waals surface area (Å²) in [6, 6.07) is 0. The molecule has 0 atom stereocenters. The molecule has 0 fully saturated rings. The molecule has 0 spiro atoms. The van der Waals surface area contributed by atoms with E-state index in [9.17, 15) is 14.4 Å². The van der Waals surface area contributed by atoms with Crippen LogP contribution in [0.25, 0.3) is 0 Å². The minimum atomic E-state index is -0.166. The number of hydrogen-bond acceptors (Lipinski definition) is 7. The smallest absolute Gasteiger partial charge is 0.233 e. The normalized spacial score (nSPS) is 10.6. The van der Waals surface area contributed by atoms with Gasteiger partial charge in [0.15, 0.2) is 0 Å². The molecule has 0 aliphatic rings. The maximum absolute atomic E-state index is 11.1. The fraction of sp³-hybridized carbons (Fsp3) is 0.800. The van der Waals surface area contributed by atoms with Crippen LogP contribution >= 0.6 is 0 Å². The van der Waals surface area contributed by atoms with Gasteiger partial charge < -0.3 is 38.1 Å². The van der Waals surface area contributed by atoms with Crippen molar-refractivity contribution in [1.29, 1.82) is 0 Å². The summed E-state index contributed by atoms with van der Waals surface area (Å²) in [6.45, 7) is 4.10. The van der Waals surface area contributed by atoms with Gasteiger partial charge in [-0.2, -0.15) is 0 Å². The Bertz CT molecular complexity index is 336. The van der Waals surface area contributed by atoms with E-state index >= 15 is 0 Å². The Morgan fingerprint density at radius 1 is 0.600 bits per heavy atom. The van der Waals surface area contributed by atoms with Crippen LogP contribution in [0.5, 0.6) is 0 Å². The zero-order valence-corrected chi connectivity index (χ0v) is 14.9. The maximum atomic E-state index is 11.1. The second kappa shape index (κ2) is 15.8. The molecule has 25 heavy (non-hydrogen) atoms. The van der Waals surface area contributed by atoms with Gasteiger partial charge in [-0.1, -0.05) is 0 Å². The summed E-state index contributed by atoms with van der Waals surface area (Å²) in [5.74, 6) is -0.498. The predicted octanol–water partition coefficient (Wildman–Crippen LogP) is -3.32. The number of nitrogens with zero attached hydrogens (tertiary/aromatic N) is 1. The number of hydrogen-bond donors (Lipinski definition) is 6. The number of rotatable bonds is 15. The zero-order valence-electron chi connectivity index (χ0n) is 14.9. The average Bonchev–Trinajstić information content (AvgIpc) is 2.63. The van der Waals surface area contributed by atoms with Crippen molar-refractivity contribution in [3.05, 3.63) is 0 Å². The van der Waals surface area contributed by atoms with Crippen LogP contribution in [0.3, 0.4) is 0 Å². The van der Waals surface area contributed by atoms with Crippen LogP contribution in [0.4, 0.5) is 0 Å². The molecule has 0 saturated heterocycles. The molecule has 3 amide bonds. The van der Waals surface area contributed by atoms with Gasteiger partial charge >= 0.3 is 0 Å². The molecule has 0 aromatic heterocycles. The third-order valence-corrected chi connectivity index (χ3v) is 3.48. The predicted molar refractivity (Wildman–Crippen MR) is 96.5 cm³/mol. The molecule has 0 bridgehead atoms. The van der Waals surface area contributed by atoms with Gasteiger partial charge in [0.05, 0.1) is 19.6 Å². The van der Waals surface area contributed by atoms with E-state index in [0.29, 0.717) is 19.6 Å². The highest BCUT2D eigenvalue weighted by molar-refractivity contribution is 5.78. The molecule has 146 valence electrons. The van der Waals surface area contributed by atoms with Gasteiger partial charge in [-0.05, 0) is 38.9 Å². The first-order valence-electron chi connectivity index (χ1n) is 8.66. The number of nitrogens with two attached hydrogens (primary N) is 3. The second-order valence-electron chi connectivity index (χ2n) is 5.56. The van der Waals surface area contributed by atoms with Crippen LogP contribution < -0.4 is 33.2 Å². The molecule has 0 heterocycles. The van der Waals surface area contributed by atoms with Crippen molar-refractivity contribution in [2.75, 3.05) is 58.9 Å². The van der Waals surface area contributed by atoms with Gasteiger partial charge in [0, 0.05) is 19.6 Å². The lowest BCUT2D eigenvalue weighted by Crippen LogP contribution is -2.37. The summed E-state index contributed by atoms with van der Waals surface area (Å²) in [5.41, 5.74) is 15.7. The van der Waals surface area contributed by atoms with E-state index in [1.807, 2.05) is 0 Å². The minimum absolute atomic E-state index is 0.00854. The highest BCUT2D eigenvalue weighted by atomic mass is 16.2. The average molecular weight is 359 g/mol. The van der Waals surface area contributed by atoms with Crippen molar-refractivity contribution in [1.82, 2.24) is 20.9 Å². The summed E-state index contributed by atoms with van der Waals surface area (Å²) in [6.07, 6.45) is 2.40. The Balaban J connectivity index is 4.05. The fourth-order valence-electron chi connectivity index (χ4n) is 2.14. The number of amides is 3. The van der Waals surface area contributed by atoms with Crippen molar-refractivity contribution < 1.29 is 14.4 Å². The Morgan fingerprint density at radius 2 is 0.880 bits per heavy atom. The van der Waals surface area contributed by atoms with E-state index in [-0.39, 0.29) is 37.4 Å². The molecule has 0 rings (SSSR count). The zero-order chi connectivity index (χ0) is 18.9. The highest BCUT2D eigenvalue weighted by Gasteiger charge is 2.06. The Labute approximate surface area is 149 Å². The Morgan fingerprint density at radius 3 is 1.12 bits per heavy atom. The minimum Gasteiger partial charge on any atom is -0.355 e. The van der Waals surface area contributed by atoms with E-state index in [1.165, 1.54) is 0 Å². The van der Waals surface area contributed by atoms with Crippen LogP contribution in [0.1, 0.15) is 19.3 Å². The summed E-state index contributed by atoms with van der Waals surface area (Å²) in [7, 11) is 0. The summed E-state index contributed by atoms with van der Waals surface area (Å²) in [4.78, 5) is 35.6. The standard InChI is InChI=1S/C15H33N7O3/c16-10-13(23)19-4-1-7-22(8-2-5-20-14(24)11-17)9-3-6-21-15(25)12-18/h1-12,16-18H2,(H,19,23)(H,20,24)(H,21,25). The van der Waals surface area contributed by atoms with Crippen molar-refractivity contribution in [2.45, 2.75) is 19.3 Å². The topological polar surface area (TPSA) is 169 Å². The fourth-order valence-corrected chi connectivity index (χ4v) is 2.14. The lowest BCUT2D eigenvalue weighted by Gasteiger charge is -2.22. The van der Waals surface area contributed by atoms with Crippen LogP contribution in [0.2, 0.25) is 0 Å². The molecular weight excluding hydrogens is 326 g/mol. The van der Waals surface area contributed by atoms with Gasteiger partial charge in [0.2, 0.25) is 17.7 Å². The Kier molecular flexibility index (Phi) is 14.7. The lowest BCUT2D eigenvalue weighted by atomic mass is 10.3. The molecule has 0 radical (unpaired) electrons. The molecule has 0 aromatic carbocycles. The van der Waals surface area contributed by atoms with Crippen LogP contribution in [0.15, 0.2) is 0 Å². The SMILES string of the molecule is NCC(=O)NCCCN(CCCNC(=O)CN)CCCNC(=O)CN. The molecule has 0 aromatic rings. The number of nitrogens with one attached hydrogen (secondary N) is 3. The molecule has 0 aliphatic carbocycles. The largest absolute Gasteiger partial charge is 0.355 e. The molecule has 0 aliphatic heterocycles. The van der Waals surface area contributed by atoms with Gasteiger partial charge in [0.1, 0.15) is 0 Å². The summed E-state index contributed by atoms with van der Waals surface area (Å²) in [5, 5.41) is 8.20. The molecule has 10 heteroatoms. The number of carbonyl (C=O) groups is 3. The first-order valence-corrected chi connectivity index (χ1v) is 8.66. The molecular formula is C15H33N7O3. The summed E-state index contributed by atoms with van der Waals surface area (Å²) >= 11 is 0. The first kappa shape index (κ1) is 23.2. The van der Waals surface area contributed by atoms with Crippen LogP contribution in [0, 0.1) is 0 Å². The van der Waals surface area contributed by atoms with E-state index in [0.717, 1.165) is 38.9 Å². The molecule has 10 nitrogen and oxygen atoms in total. The van der Waals surface area contributed by atoms with E-state index < -0.39 is 0 Å². The van der Waals surface area contributed by atoms with Crippen molar-refractivity contribution in [2.24, 2.45) is 17.2 Å². The molecule has 9 N–H and O–H groups in total. The van der Waals surface area contributed by atoms with Gasteiger partial charge in [0.25, 0.3) is 0 Å². The van der Waals surface area contributed by atoms with Crippen molar-refractivity contribution in [3.63, 3.8) is 0 Å². The lowest BCUT2D eigenvalue weighted by molar-refractivity contribution is -0.120. The summed E-state index contributed by atoms with van der Waals surface area (Å²) < 4.78 is 0. The molecule has 0 unspecified atom stereocenters.